The molecular formula is C15H25N3O5. The summed E-state index contributed by atoms with van der Waals surface area (Å²) in [7, 11) is 0. The largest absolute Gasteiger partial charge is 0.465 e. The Bertz CT molecular complexity index is 476. The van der Waals surface area contributed by atoms with Crippen LogP contribution in [0.25, 0.3) is 0 Å². The smallest absolute Gasteiger partial charge is 0.408 e. The fraction of sp³-hybridized carbons (Fsp3) is 0.800. The van der Waals surface area contributed by atoms with E-state index in [0.29, 0.717) is 26.2 Å². The summed E-state index contributed by atoms with van der Waals surface area (Å²) in [6.07, 6.45) is 0.248. The Morgan fingerprint density at radius 2 is 1.61 bits per heavy atom. The predicted molar refractivity (Wildman–Crippen MR) is 82.1 cm³/mol. The number of alkyl carbamates (subject to hydrolysis) is 1. The van der Waals surface area contributed by atoms with Crippen LogP contribution >= 0.6 is 0 Å². The van der Waals surface area contributed by atoms with Gasteiger partial charge in [-0.1, -0.05) is 0 Å². The van der Waals surface area contributed by atoms with Gasteiger partial charge in [-0.3, -0.25) is 4.79 Å². The van der Waals surface area contributed by atoms with Crippen LogP contribution in [0.1, 0.15) is 33.6 Å². The van der Waals surface area contributed by atoms with Gasteiger partial charge in [0.25, 0.3) is 0 Å². The standard InChI is InChI=1S/C15H25N3O5/c1-15(2,3)23-13(20)16-11(10-4-5-10)12(19)17-6-8-18(9-7-17)14(21)22/h10-11H,4-9H2,1-3H3,(H,16,20)(H,21,22)/t11-/m0/s1. The van der Waals surface area contributed by atoms with Crippen LogP contribution in [0.5, 0.6) is 0 Å². The molecule has 0 bridgehead atoms. The summed E-state index contributed by atoms with van der Waals surface area (Å²) in [5.41, 5.74) is -0.617. The SMILES string of the molecule is CC(C)(C)OC(=O)N[C@H](C(=O)N1CCN(C(=O)O)CC1)C1CC1. The van der Waals surface area contributed by atoms with Crippen LogP contribution in [0.2, 0.25) is 0 Å². The Hall–Kier alpha value is -1.99. The highest BCUT2D eigenvalue weighted by Crippen LogP contribution is 2.33. The van der Waals surface area contributed by atoms with Gasteiger partial charge in [0.1, 0.15) is 11.6 Å². The van der Waals surface area contributed by atoms with Crippen LogP contribution in [0, 0.1) is 5.92 Å². The molecule has 2 N–H and O–H groups in total. The zero-order valence-corrected chi connectivity index (χ0v) is 13.9. The van der Waals surface area contributed by atoms with Gasteiger partial charge in [0.15, 0.2) is 0 Å². The highest BCUT2D eigenvalue weighted by Gasteiger charge is 2.40. The molecule has 2 rings (SSSR count). The monoisotopic (exact) mass is 327 g/mol. The molecule has 1 saturated carbocycles. The van der Waals surface area contributed by atoms with E-state index in [2.05, 4.69) is 5.32 Å². The summed E-state index contributed by atoms with van der Waals surface area (Å²) < 4.78 is 5.23. The van der Waals surface area contributed by atoms with Gasteiger partial charge >= 0.3 is 12.2 Å². The molecule has 0 spiro atoms. The third-order valence-corrected chi connectivity index (χ3v) is 3.89. The van der Waals surface area contributed by atoms with E-state index in [0.717, 1.165) is 12.8 Å². The zero-order valence-electron chi connectivity index (χ0n) is 13.9. The van der Waals surface area contributed by atoms with Crippen LogP contribution in [-0.2, 0) is 9.53 Å². The molecule has 8 nitrogen and oxygen atoms in total. The molecule has 3 amide bonds. The molecule has 1 heterocycles. The molecule has 0 aromatic rings. The highest BCUT2D eigenvalue weighted by atomic mass is 16.6. The van der Waals surface area contributed by atoms with Crippen LogP contribution < -0.4 is 5.32 Å². The van der Waals surface area contributed by atoms with E-state index in [-0.39, 0.29) is 11.8 Å². The first kappa shape index (κ1) is 17.4. The fourth-order valence-corrected chi connectivity index (χ4v) is 2.56. The molecule has 0 aromatic carbocycles. The van der Waals surface area contributed by atoms with Gasteiger partial charge in [-0.15, -0.1) is 0 Å². The number of amides is 3. The Labute approximate surface area is 135 Å². The van der Waals surface area contributed by atoms with E-state index in [1.54, 1.807) is 25.7 Å². The average Bonchev–Trinajstić information content (AvgIpc) is 3.26. The fourth-order valence-electron chi connectivity index (χ4n) is 2.56. The number of hydrogen-bond acceptors (Lipinski definition) is 4. The molecule has 1 atom stereocenters. The minimum atomic E-state index is -0.970. The number of carbonyl (C=O) groups excluding carboxylic acids is 2. The topological polar surface area (TPSA) is 99.2 Å². The first-order chi connectivity index (χ1) is 10.7. The van der Waals surface area contributed by atoms with E-state index in [1.807, 2.05) is 0 Å². The summed E-state index contributed by atoms with van der Waals surface area (Å²) >= 11 is 0. The third kappa shape index (κ3) is 5.01. The minimum Gasteiger partial charge on any atom is -0.465 e. The number of ether oxygens (including phenoxy) is 1. The Kier molecular flexibility index (Phi) is 5.01. The predicted octanol–water partition coefficient (Wildman–Crippen LogP) is 1.11. The second-order valence-corrected chi connectivity index (χ2v) is 7.06. The number of carbonyl (C=O) groups is 3. The van der Waals surface area contributed by atoms with Crippen molar-refractivity contribution in [2.75, 3.05) is 26.2 Å². The van der Waals surface area contributed by atoms with Gasteiger partial charge in [-0.05, 0) is 39.5 Å². The highest BCUT2D eigenvalue weighted by molar-refractivity contribution is 5.86. The van der Waals surface area contributed by atoms with Crippen LogP contribution in [0.15, 0.2) is 0 Å². The zero-order chi connectivity index (χ0) is 17.2. The Balaban J connectivity index is 1.92. The average molecular weight is 327 g/mol. The molecule has 1 saturated heterocycles. The molecule has 0 radical (unpaired) electrons. The van der Waals surface area contributed by atoms with Crippen molar-refractivity contribution >= 4 is 18.1 Å². The van der Waals surface area contributed by atoms with E-state index in [1.165, 1.54) is 4.90 Å². The second kappa shape index (κ2) is 6.64. The maximum atomic E-state index is 12.6. The first-order valence-electron chi connectivity index (χ1n) is 7.93. The van der Waals surface area contributed by atoms with Crippen molar-refractivity contribution in [2.45, 2.75) is 45.3 Å². The minimum absolute atomic E-state index is 0.146. The van der Waals surface area contributed by atoms with Crippen molar-refractivity contribution < 1.29 is 24.2 Å². The van der Waals surface area contributed by atoms with Crippen molar-refractivity contribution in [3.63, 3.8) is 0 Å². The lowest BCUT2D eigenvalue weighted by atomic mass is 10.1. The van der Waals surface area contributed by atoms with Gasteiger partial charge in [0.05, 0.1) is 0 Å². The molecule has 2 aliphatic rings. The number of carboxylic acid groups (broad SMARTS) is 1. The van der Waals surface area contributed by atoms with E-state index >= 15 is 0 Å². The quantitative estimate of drug-likeness (QED) is 0.809. The van der Waals surface area contributed by atoms with Crippen molar-refractivity contribution in [1.82, 2.24) is 15.1 Å². The third-order valence-electron chi connectivity index (χ3n) is 3.89. The van der Waals surface area contributed by atoms with Gasteiger partial charge in [0.2, 0.25) is 5.91 Å². The van der Waals surface area contributed by atoms with E-state index in [4.69, 9.17) is 9.84 Å². The molecule has 130 valence electrons. The number of hydrogen-bond donors (Lipinski definition) is 2. The van der Waals surface area contributed by atoms with Gasteiger partial charge in [-0.25, -0.2) is 9.59 Å². The normalized spacial score (nSPS) is 20.0. The maximum absolute atomic E-state index is 12.6. The maximum Gasteiger partial charge on any atom is 0.408 e. The lowest BCUT2D eigenvalue weighted by Gasteiger charge is -2.35. The van der Waals surface area contributed by atoms with Crippen molar-refractivity contribution in [1.29, 1.82) is 0 Å². The molecule has 0 unspecified atom stereocenters. The lowest BCUT2D eigenvalue weighted by Crippen LogP contribution is -2.56. The molecule has 23 heavy (non-hydrogen) atoms. The number of nitrogens with one attached hydrogen (secondary N) is 1. The van der Waals surface area contributed by atoms with Crippen LogP contribution in [-0.4, -0.2) is 70.8 Å². The van der Waals surface area contributed by atoms with E-state index < -0.39 is 23.8 Å². The summed E-state index contributed by atoms with van der Waals surface area (Å²) in [6.45, 7) is 6.60. The summed E-state index contributed by atoms with van der Waals surface area (Å²) in [6, 6.07) is -0.582. The molecule has 1 aliphatic carbocycles. The van der Waals surface area contributed by atoms with Crippen LogP contribution in [0.4, 0.5) is 9.59 Å². The van der Waals surface area contributed by atoms with Gasteiger partial charge in [-0.2, -0.15) is 0 Å². The summed E-state index contributed by atoms with van der Waals surface area (Å²) in [4.78, 5) is 38.4. The Morgan fingerprint density at radius 3 is 2.04 bits per heavy atom. The molecule has 1 aliphatic heterocycles. The summed E-state index contributed by atoms with van der Waals surface area (Å²) in [5, 5.41) is 11.6. The first-order valence-corrected chi connectivity index (χ1v) is 7.93. The summed E-state index contributed by atoms with van der Waals surface area (Å²) in [5.74, 6) is -0.00378. The molecular weight excluding hydrogens is 302 g/mol. The van der Waals surface area contributed by atoms with E-state index in [9.17, 15) is 14.4 Å². The number of rotatable bonds is 3. The van der Waals surface area contributed by atoms with Gasteiger partial charge in [0, 0.05) is 26.2 Å². The van der Waals surface area contributed by atoms with Crippen LogP contribution in [0.3, 0.4) is 0 Å². The molecule has 0 aromatic heterocycles. The second-order valence-electron chi connectivity index (χ2n) is 7.06. The number of nitrogens with zero attached hydrogens (tertiary/aromatic N) is 2. The molecule has 8 heteroatoms. The molecule has 2 fully saturated rings. The van der Waals surface area contributed by atoms with Gasteiger partial charge < -0.3 is 25.0 Å². The lowest BCUT2D eigenvalue weighted by molar-refractivity contribution is -0.135. The van der Waals surface area contributed by atoms with Crippen molar-refractivity contribution in [3.05, 3.63) is 0 Å². The number of piperazine rings is 1. The van der Waals surface area contributed by atoms with Crippen molar-refractivity contribution in [2.24, 2.45) is 5.92 Å². The van der Waals surface area contributed by atoms with Crippen molar-refractivity contribution in [3.8, 4) is 0 Å². The Morgan fingerprint density at radius 1 is 1.09 bits per heavy atom.